The van der Waals surface area contributed by atoms with Gasteiger partial charge in [0.2, 0.25) is 5.91 Å². The van der Waals surface area contributed by atoms with Crippen molar-refractivity contribution >= 4 is 23.2 Å². The zero-order valence-electron chi connectivity index (χ0n) is 11.6. The summed E-state index contributed by atoms with van der Waals surface area (Å²) in [5.74, 6) is -0.0811. The van der Waals surface area contributed by atoms with Crippen LogP contribution in [0.4, 0.5) is 11.4 Å². The summed E-state index contributed by atoms with van der Waals surface area (Å²) in [7, 11) is 0. The number of nitrogens with one attached hydrogen (secondary N) is 1. The fourth-order valence-corrected chi connectivity index (χ4v) is 2.39. The van der Waals surface area contributed by atoms with E-state index in [-0.39, 0.29) is 17.9 Å². The number of anilines is 2. The number of benzene rings is 1. The topological polar surface area (TPSA) is 101 Å². The quantitative estimate of drug-likeness (QED) is 0.700. The number of amides is 2. The third kappa shape index (κ3) is 3.40. The molecule has 1 aliphatic heterocycles. The van der Waals surface area contributed by atoms with Gasteiger partial charge in [-0.1, -0.05) is 0 Å². The van der Waals surface area contributed by atoms with E-state index in [2.05, 4.69) is 5.32 Å². The van der Waals surface area contributed by atoms with Crippen molar-refractivity contribution < 1.29 is 9.59 Å². The van der Waals surface area contributed by atoms with Crippen LogP contribution in [0.1, 0.15) is 30.1 Å². The molecule has 1 aromatic rings. The Bertz CT molecular complexity index is 510. The molecule has 1 aliphatic rings. The second-order valence-electron chi connectivity index (χ2n) is 5.21. The Hall–Kier alpha value is -2.24. The Labute approximate surface area is 118 Å². The molecule has 0 saturated carbocycles. The molecule has 6 heteroatoms. The molecule has 1 atom stereocenters. The molecule has 108 valence electrons. The highest BCUT2D eigenvalue weighted by molar-refractivity contribution is 5.96. The minimum Gasteiger partial charge on any atom is -0.399 e. The highest BCUT2D eigenvalue weighted by Crippen LogP contribution is 2.14. The van der Waals surface area contributed by atoms with E-state index >= 15 is 0 Å². The maximum absolute atomic E-state index is 12.1. The maximum atomic E-state index is 12.1. The van der Waals surface area contributed by atoms with Gasteiger partial charge in [-0.05, 0) is 31.5 Å². The Morgan fingerprint density at radius 1 is 1.35 bits per heavy atom. The smallest absolute Gasteiger partial charge is 0.251 e. The zero-order chi connectivity index (χ0) is 14.7. The highest BCUT2D eigenvalue weighted by Gasteiger charge is 2.22. The van der Waals surface area contributed by atoms with E-state index in [0.717, 1.165) is 13.0 Å². The first-order valence-corrected chi connectivity index (χ1v) is 6.70. The third-order valence-corrected chi connectivity index (χ3v) is 3.28. The lowest BCUT2D eigenvalue weighted by atomic mass is 10.1. The van der Waals surface area contributed by atoms with Crippen LogP contribution in [-0.4, -0.2) is 35.8 Å². The first kappa shape index (κ1) is 14.2. The van der Waals surface area contributed by atoms with Crippen LogP contribution in [-0.2, 0) is 4.79 Å². The predicted octanol–water partition coefficient (Wildman–Crippen LogP) is 0.592. The molecule has 1 unspecified atom stereocenters. The van der Waals surface area contributed by atoms with E-state index in [1.165, 1.54) is 0 Å². The fourth-order valence-electron chi connectivity index (χ4n) is 2.39. The van der Waals surface area contributed by atoms with Crippen LogP contribution >= 0.6 is 0 Å². The van der Waals surface area contributed by atoms with E-state index in [4.69, 9.17) is 11.5 Å². The van der Waals surface area contributed by atoms with Gasteiger partial charge in [0.15, 0.2) is 0 Å². The summed E-state index contributed by atoms with van der Waals surface area (Å²) < 4.78 is 0. The molecular formula is C14H20N4O2. The van der Waals surface area contributed by atoms with E-state index in [1.807, 2.05) is 6.92 Å². The molecule has 0 aromatic heterocycles. The molecule has 20 heavy (non-hydrogen) atoms. The summed E-state index contributed by atoms with van der Waals surface area (Å²) in [6, 6.07) is 4.65. The van der Waals surface area contributed by atoms with Crippen molar-refractivity contribution in [2.24, 2.45) is 0 Å². The molecule has 2 rings (SSSR count). The number of carbonyl (C=O) groups is 2. The Kier molecular flexibility index (Phi) is 4.12. The molecule has 2 amide bonds. The van der Waals surface area contributed by atoms with Crippen molar-refractivity contribution in [1.29, 1.82) is 0 Å². The number of carbonyl (C=O) groups excluding carboxylic acids is 2. The Morgan fingerprint density at radius 3 is 2.55 bits per heavy atom. The predicted molar refractivity (Wildman–Crippen MR) is 78.0 cm³/mol. The monoisotopic (exact) mass is 276 g/mol. The average molecular weight is 276 g/mol. The summed E-state index contributed by atoms with van der Waals surface area (Å²) in [5, 5.41) is 2.85. The second-order valence-corrected chi connectivity index (χ2v) is 5.21. The summed E-state index contributed by atoms with van der Waals surface area (Å²) in [6.07, 6.45) is 1.50. The molecule has 5 N–H and O–H groups in total. The number of hydrogen-bond acceptors (Lipinski definition) is 4. The zero-order valence-corrected chi connectivity index (χ0v) is 11.6. The molecule has 0 spiro atoms. The van der Waals surface area contributed by atoms with E-state index in [0.29, 0.717) is 29.9 Å². The molecule has 1 heterocycles. The van der Waals surface area contributed by atoms with Crippen molar-refractivity contribution in [3.05, 3.63) is 23.8 Å². The van der Waals surface area contributed by atoms with Gasteiger partial charge in [0, 0.05) is 42.5 Å². The molecule has 1 fully saturated rings. The molecule has 1 aromatic carbocycles. The summed E-state index contributed by atoms with van der Waals surface area (Å²) >= 11 is 0. The SMILES string of the molecule is CC(CN1CCCC1=O)NC(=O)c1cc(N)cc(N)c1. The lowest BCUT2D eigenvalue weighted by Crippen LogP contribution is -2.42. The van der Waals surface area contributed by atoms with E-state index in [9.17, 15) is 9.59 Å². The molecule has 0 radical (unpaired) electrons. The van der Waals surface area contributed by atoms with Crippen LogP contribution in [0.5, 0.6) is 0 Å². The highest BCUT2D eigenvalue weighted by atomic mass is 16.2. The minimum atomic E-state index is -0.233. The lowest BCUT2D eigenvalue weighted by molar-refractivity contribution is -0.127. The van der Waals surface area contributed by atoms with Gasteiger partial charge in [0.25, 0.3) is 5.91 Å². The van der Waals surface area contributed by atoms with Gasteiger partial charge in [0.1, 0.15) is 0 Å². The van der Waals surface area contributed by atoms with Crippen molar-refractivity contribution in [1.82, 2.24) is 10.2 Å². The average Bonchev–Trinajstić information content (AvgIpc) is 2.73. The number of nitrogen functional groups attached to an aromatic ring is 2. The van der Waals surface area contributed by atoms with Gasteiger partial charge in [-0.2, -0.15) is 0 Å². The molecule has 0 bridgehead atoms. The van der Waals surface area contributed by atoms with Gasteiger partial charge in [0.05, 0.1) is 0 Å². The first-order chi connectivity index (χ1) is 9.45. The maximum Gasteiger partial charge on any atom is 0.251 e. The van der Waals surface area contributed by atoms with Crippen molar-refractivity contribution in [2.45, 2.75) is 25.8 Å². The number of likely N-dealkylation sites (tertiary alicyclic amines) is 1. The Balaban J connectivity index is 1.94. The van der Waals surface area contributed by atoms with Crippen molar-refractivity contribution in [2.75, 3.05) is 24.6 Å². The number of rotatable bonds is 4. The second kappa shape index (κ2) is 5.81. The number of nitrogens with zero attached hydrogens (tertiary/aromatic N) is 1. The normalized spacial score (nSPS) is 16.2. The van der Waals surface area contributed by atoms with Gasteiger partial charge in [-0.3, -0.25) is 9.59 Å². The summed E-state index contributed by atoms with van der Waals surface area (Å²) in [4.78, 5) is 25.4. The van der Waals surface area contributed by atoms with Crippen LogP contribution in [0, 0.1) is 0 Å². The van der Waals surface area contributed by atoms with Gasteiger partial charge in [-0.25, -0.2) is 0 Å². The van der Waals surface area contributed by atoms with E-state index < -0.39 is 0 Å². The van der Waals surface area contributed by atoms with Crippen molar-refractivity contribution in [3.8, 4) is 0 Å². The molecule has 1 saturated heterocycles. The standard InChI is InChI=1S/C14H20N4O2/c1-9(8-18-4-2-3-13(18)19)17-14(20)10-5-11(15)7-12(16)6-10/h5-7,9H,2-4,8,15-16H2,1H3,(H,17,20). The van der Waals surface area contributed by atoms with Crippen LogP contribution in [0.25, 0.3) is 0 Å². The van der Waals surface area contributed by atoms with Crippen molar-refractivity contribution in [3.63, 3.8) is 0 Å². The van der Waals surface area contributed by atoms with Crippen LogP contribution < -0.4 is 16.8 Å². The van der Waals surface area contributed by atoms with E-state index in [1.54, 1.807) is 23.1 Å². The number of nitrogens with two attached hydrogens (primary N) is 2. The molecule has 0 aliphatic carbocycles. The van der Waals surface area contributed by atoms with Gasteiger partial charge >= 0.3 is 0 Å². The first-order valence-electron chi connectivity index (χ1n) is 6.70. The third-order valence-electron chi connectivity index (χ3n) is 3.28. The fraction of sp³-hybridized carbons (Fsp3) is 0.429. The molecular weight excluding hydrogens is 256 g/mol. The molecule has 6 nitrogen and oxygen atoms in total. The Morgan fingerprint density at radius 2 is 2.00 bits per heavy atom. The lowest BCUT2D eigenvalue weighted by Gasteiger charge is -2.21. The van der Waals surface area contributed by atoms with Gasteiger partial charge in [-0.15, -0.1) is 0 Å². The number of hydrogen-bond donors (Lipinski definition) is 3. The van der Waals surface area contributed by atoms with Crippen LogP contribution in [0.3, 0.4) is 0 Å². The summed E-state index contributed by atoms with van der Waals surface area (Å²) in [5.41, 5.74) is 12.7. The minimum absolute atomic E-state index is 0.118. The van der Waals surface area contributed by atoms with Crippen LogP contribution in [0.2, 0.25) is 0 Å². The largest absolute Gasteiger partial charge is 0.399 e. The van der Waals surface area contributed by atoms with Crippen LogP contribution in [0.15, 0.2) is 18.2 Å². The summed E-state index contributed by atoms with van der Waals surface area (Å²) in [6.45, 7) is 3.17. The van der Waals surface area contributed by atoms with Gasteiger partial charge < -0.3 is 21.7 Å².